The minimum atomic E-state index is 0.0441. The first kappa shape index (κ1) is 11.8. The first-order valence-corrected chi connectivity index (χ1v) is 4.85. The SMILES string of the molecule is CON(C)CCC(=O)c1cccc(C)n1. The molecule has 4 heteroatoms. The van der Waals surface area contributed by atoms with Crippen LogP contribution in [-0.4, -0.2) is 36.5 Å². The number of nitrogens with zero attached hydrogens (tertiary/aromatic N) is 2. The van der Waals surface area contributed by atoms with Crippen molar-refractivity contribution in [3.63, 3.8) is 0 Å². The van der Waals surface area contributed by atoms with E-state index >= 15 is 0 Å². The number of hydrogen-bond acceptors (Lipinski definition) is 4. The highest BCUT2D eigenvalue weighted by Crippen LogP contribution is 2.02. The molecule has 0 aromatic carbocycles. The molecule has 0 aliphatic carbocycles. The van der Waals surface area contributed by atoms with Gasteiger partial charge in [0.05, 0.1) is 7.11 Å². The largest absolute Gasteiger partial charge is 0.303 e. The molecule has 4 nitrogen and oxygen atoms in total. The summed E-state index contributed by atoms with van der Waals surface area (Å²) in [6.45, 7) is 2.45. The van der Waals surface area contributed by atoms with Gasteiger partial charge in [-0.05, 0) is 19.1 Å². The van der Waals surface area contributed by atoms with Gasteiger partial charge in [0, 0.05) is 25.7 Å². The van der Waals surface area contributed by atoms with E-state index in [9.17, 15) is 4.79 Å². The van der Waals surface area contributed by atoms with Crippen LogP contribution in [0.15, 0.2) is 18.2 Å². The van der Waals surface area contributed by atoms with E-state index in [4.69, 9.17) is 4.84 Å². The van der Waals surface area contributed by atoms with Crippen LogP contribution in [0.3, 0.4) is 0 Å². The molecule has 0 fully saturated rings. The molecule has 1 aromatic rings. The van der Waals surface area contributed by atoms with Gasteiger partial charge in [-0.15, -0.1) is 0 Å². The Morgan fingerprint density at radius 2 is 2.27 bits per heavy atom. The molecule has 15 heavy (non-hydrogen) atoms. The van der Waals surface area contributed by atoms with Gasteiger partial charge in [0.2, 0.25) is 0 Å². The molecule has 0 aliphatic rings. The number of Topliss-reactive ketones (excluding diaryl/α,β-unsaturated/α-hetero) is 1. The van der Waals surface area contributed by atoms with E-state index in [1.807, 2.05) is 19.1 Å². The van der Waals surface area contributed by atoms with Crippen LogP contribution >= 0.6 is 0 Å². The number of aryl methyl sites for hydroxylation is 1. The van der Waals surface area contributed by atoms with Gasteiger partial charge in [0.1, 0.15) is 5.69 Å². The molecule has 0 saturated carbocycles. The lowest BCUT2D eigenvalue weighted by Gasteiger charge is -2.11. The Morgan fingerprint density at radius 3 is 2.87 bits per heavy atom. The summed E-state index contributed by atoms with van der Waals surface area (Å²) in [7, 11) is 3.37. The Morgan fingerprint density at radius 1 is 1.53 bits per heavy atom. The first-order chi connectivity index (χ1) is 7.13. The van der Waals surface area contributed by atoms with Crippen LogP contribution in [0.25, 0.3) is 0 Å². The van der Waals surface area contributed by atoms with Gasteiger partial charge in [-0.1, -0.05) is 6.07 Å². The number of hydroxylamine groups is 2. The van der Waals surface area contributed by atoms with Gasteiger partial charge in [0.15, 0.2) is 5.78 Å². The summed E-state index contributed by atoms with van der Waals surface area (Å²) < 4.78 is 0. The maximum atomic E-state index is 11.7. The highest BCUT2D eigenvalue weighted by atomic mass is 16.7. The molecule has 0 radical (unpaired) electrons. The zero-order chi connectivity index (χ0) is 11.3. The van der Waals surface area contributed by atoms with Crippen molar-refractivity contribution < 1.29 is 9.63 Å². The highest BCUT2D eigenvalue weighted by molar-refractivity contribution is 5.94. The average molecular weight is 208 g/mol. The molecule has 0 bridgehead atoms. The molecule has 0 unspecified atom stereocenters. The molecular formula is C11H16N2O2. The minimum absolute atomic E-state index is 0.0441. The third-order valence-corrected chi connectivity index (χ3v) is 2.14. The fourth-order valence-corrected chi connectivity index (χ4v) is 1.18. The normalized spacial score (nSPS) is 10.7. The molecule has 1 rings (SSSR count). The van der Waals surface area contributed by atoms with Crippen LogP contribution in [0.1, 0.15) is 22.6 Å². The molecule has 1 heterocycles. The number of ketones is 1. The van der Waals surface area contributed by atoms with E-state index in [1.54, 1.807) is 25.3 Å². The van der Waals surface area contributed by atoms with Crippen LogP contribution in [-0.2, 0) is 4.84 Å². The molecule has 0 atom stereocenters. The molecule has 1 aromatic heterocycles. The van der Waals surface area contributed by atoms with Crippen LogP contribution in [0.5, 0.6) is 0 Å². The maximum absolute atomic E-state index is 11.7. The molecular weight excluding hydrogens is 192 g/mol. The number of carbonyl (C=O) groups excluding carboxylic acids is 1. The van der Waals surface area contributed by atoms with Gasteiger partial charge in [-0.3, -0.25) is 9.78 Å². The van der Waals surface area contributed by atoms with Gasteiger partial charge in [0.25, 0.3) is 0 Å². The van der Waals surface area contributed by atoms with Crippen molar-refractivity contribution >= 4 is 5.78 Å². The Labute approximate surface area is 89.8 Å². The molecule has 0 saturated heterocycles. The summed E-state index contributed by atoms with van der Waals surface area (Å²) in [4.78, 5) is 20.8. The highest BCUT2D eigenvalue weighted by Gasteiger charge is 2.08. The summed E-state index contributed by atoms with van der Waals surface area (Å²) in [6.07, 6.45) is 0.417. The van der Waals surface area contributed by atoms with Crippen molar-refractivity contribution in [2.24, 2.45) is 0 Å². The number of aromatic nitrogens is 1. The van der Waals surface area contributed by atoms with Crippen LogP contribution in [0, 0.1) is 6.92 Å². The zero-order valence-corrected chi connectivity index (χ0v) is 9.36. The fourth-order valence-electron chi connectivity index (χ4n) is 1.18. The van der Waals surface area contributed by atoms with Gasteiger partial charge in [-0.25, -0.2) is 0 Å². The second-order valence-electron chi connectivity index (χ2n) is 3.37. The van der Waals surface area contributed by atoms with Gasteiger partial charge < -0.3 is 4.84 Å². The second-order valence-corrected chi connectivity index (χ2v) is 3.37. The number of pyridine rings is 1. The summed E-state index contributed by atoms with van der Waals surface area (Å²) in [5, 5.41) is 1.62. The Balaban J connectivity index is 2.54. The fraction of sp³-hybridized carbons (Fsp3) is 0.455. The van der Waals surface area contributed by atoms with Crippen molar-refractivity contribution in [2.45, 2.75) is 13.3 Å². The predicted molar refractivity (Wildman–Crippen MR) is 57.6 cm³/mol. The molecule has 0 N–H and O–H groups in total. The smallest absolute Gasteiger partial charge is 0.182 e. The molecule has 0 amide bonds. The molecule has 82 valence electrons. The monoisotopic (exact) mass is 208 g/mol. The average Bonchev–Trinajstić information content (AvgIpc) is 2.25. The van der Waals surface area contributed by atoms with Crippen LogP contribution in [0.4, 0.5) is 0 Å². The predicted octanol–water partition coefficient (Wildman–Crippen LogP) is 1.46. The quantitative estimate of drug-likeness (QED) is 0.542. The third kappa shape index (κ3) is 3.77. The Hall–Kier alpha value is -1.26. The lowest BCUT2D eigenvalue weighted by molar-refractivity contribution is -0.107. The van der Waals surface area contributed by atoms with Crippen molar-refractivity contribution in [3.8, 4) is 0 Å². The Bertz CT molecular complexity index is 339. The van der Waals surface area contributed by atoms with E-state index in [2.05, 4.69) is 4.98 Å². The van der Waals surface area contributed by atoms with E-state index in [1.165, 1.54) is 0 Å². The van der Waals surface area contributed by atoms with Crippen molar-refractivity contribution in [1.29, 1.82) is 0 Å². The number of hydrogen-bond donors (Lipinski definition) is 0. The van der Waals surface area contributed by atoms with Crippen LogP contribution < -0.4 is 0 Å². The van der Waals surface area contributed by atoms with E-state index in [0.29, 0.717) is 18.7 Å². The van der Waals surface area contributed by atoms with E-state index in [-0.39, 0.29) is 5.78 Å². The number of rotatable bonds is 5. The minimum Gasteiger partial charge on any atom is -0.303 e. The summed E-state index contributed by atoms with van der Waals surface area (Å²) in [5.74, 6) is 0.0441. The van der Waals surface area contributed by atoms with Gasteiger partial charge in [-0.2, -0.15) is 5.06 Å². The number of carbonyl (C=O) groups is 1. The summed E-state index contributed by atoms with van der Waals surface area (Å²) >= 11 is 0. The van der Waals surface area contributed by atoms with Crippen molar-refractivity contribution in [2.75, 3.05) is 20.7 Å². The standard InChI is InChI=1S/C11H16N2O2/c1-9-5-4-6-10(12-9)11(14)7-8-13(2)15-3/h4-6H,7-8H2,1-3H3. The van der Waals surface area contributed by atoms with Crippen LogP contribution in [0.2, 0.25) is 0 Å². The van der Waals surface area contributed by atoms with E-state index < -0.39 is 0 Å². The molecule has 0 spiro atoms. The van der Waals surface area contributed by atoms with Gasteiger partial charge >= 0.3 is 0 Å². The topological polar surface area (TPSA) is 42.4 Å². The van der Waals surface area contributed by atoms with Crippen molar-refractivity contribution in [1.82, 2.24) is 10.0 Å². The lowest BCUT2D eigenvalue weighted by Crippen LogP contribution is -2.20. The third-order valence-electron chi connectivity index (χ3n) is 2.14. The summed E-state index contributed by atoms with van der Waals surface area (Å²) in [5.41, 5.74) is 1.39. The van der Waals surface area contributed by atoms with E-state index in [0.717, 1.165) is 5.69 Å². The zero-order valence-electron chi connectivity index (χ0n) is 9.36. The lowest BCUT2D eigenvalue weighted by atomic mass is 10.2. The second kappa shape index (κ2) is 5.58. The summed E-state index contributed by atoms with van der Waals surface area (Å²) in [6, 6.07) is 5.45. The van der Waals surface area contributed by atoms with Crippen molar-refractivity contribution in [3.05, 3.63) is 29.6 Å². The first-order valence-electron chi connectivity index (χ1n) is 4.85. The maximum Gasteiger partial charge on any atom is 0.182 e. The molecule has 0 aliphatic heterocycles. The Kier molecular flexibility index (Phi) is 4.39.